The second-order valence-electron chi connectivity index (χ2n) is 7.52. The summed E-state index contributed by atoms with van der Waals surface area (Å²) in [5.74, 6) is 1.07. The maximum atomic E-state index is 12.9. The molecule has 1 fully saturated rings. The van der Waals surface area contributed by atoms with Crippen molar-refractivity contribution in [3.8, 4) is 0 Å². The maximum Gasteiger partial charge on any atom is 0.287 e. The van der Waals surface area contributed by atoms with Gasteiger partial charge < -0.3 is 19.4 Å². The van der Waals surface area contributed by atoms with Gasteiger partial charge in [0.2, 0.25) is 0 Å². The van der Waals surface area contributed by atoms with Crippen LogP contribution in [0.1, 0.15) is 21.7 Å². The van der Waals surface area contributed by atoms with E-state index in [4.69, 9.17) is 9.15 Å². The van der Waals surface area contributed by atoms with Crippen molar-refractivity contribution < 1.29 is 13.9 Å². The van der Waals surface area contributed by atoms with Gasteiger partial charge in [0.1, 0.15) is 11.4 Å². The van der Waals surface area contributed by atoms with E-state index in [0.29, 0.717) is 25.5 Å². The summed E-state index contributed by atoms with van der Waals surface area (Å²) < 4.78 is 11.4. The number of nitrogens with one attached hydrogen (secondary N) is 1. The first-order chi connectivity index (χ1) is 14.7. The van der Waals surface area contributed by atoms with Crippen LogP contribution in [0.4, 0.5) is 5.82 Å². The fraction of sp³-hybridized carbons (Fsp3) is 0.250. The Kier molecular flexibility index (Phi) is 4.85. The molecule has 30 heavy (non-hydrogen) atoms. The molecule has 2 aromatic heterocycles. The zero-order chi connectivity index (χ0) is 20.5. The molecule has 4 aromatic rings. The SMILES string of the molecule is Cc1c(C(=O)NCc2ccnc(N3CCOCC3)c2)oc2c1ccc1ccccc12. The number of nitrogens with zero attached hydrogens (tertiary/aromatic N) is 2. The van der Waals surface area contributed by atoms with Gasteiger partial charge in [-0.15, -0.1) is 0 Å². The first kappa shape index (κ1) is 18.6. The lowest BCUT2D eigenvalue weighted by Gasteiger charge is -2.28. The minimum atomic E-state index is -0.211. The Labute approximate surface area is 174 Å². The molecule has 6 nitrogen and oxygen atoms in total. The minimum absolute atomic E-state index is 0.211. The number of carbonyl (C=O) groups excluding carboxylic acids is 1. The lowest BCUT2D eigenvalue weighted by Crippen LogP contribution is -2.36. The zero-order valence-corrected chi connectivity index (χ0v) is 16.9. The summed E-state index contributed by atoms with van der Waals surface area (Å²) in [6, 6.07) is 16.1. The third-order valence-corrected chi connectivity index (χ3v) is 5.63. The summed E-state index contributed by atoms with van der Waals surface area (Å²) in [6.45, 7) is 5.42. The number of anilines is 1. The molecule has 5 rings (SSSR count). The number of hydrogen-bond acceptors (Lipinski definition) is 5. The number of benzene rings is 2. The molecule has 152 valence electrons. The molecule has 1 aliphatic rings. The van der Waals surface area contributed by atoms with E-state index in [1.807, 2.05) is 49.4 Å². The molecule has 0 spiro atoms. The average molecular weight is 401 g/mol. The molecule has 0 bridgehead atoms. The Morgan fingerprint density at radius 3 is 2.80 bits per heavy atom. The van der Waals surface area contributed by atoms with Crippen LogP contribution in [0.25, 0.3) is 21.7 Å². The van der Waals surface area contributed by atoms with E-state index in [9.17, 15) is 4.79 Å². The molecule has 0 unspecified atom stereocenters. The Morgan fingerprint density at radius 1 is 1.10 bits per heavy atom. The quantitative estimate of drug-likeness (QED) is 0.559. The highest BCUT2D eigenvalue weighted by molar-refractivity contribution is 6.08. The van der Waals surface area contributed by atoms with Crippen LogP contribution in [0, 0.1) is 6.92 Å². The lowest BCUT2D eigenvalue weighted by molar-refractivity contribution is 0.0924. The molecule has 0 radical (unpaired) electrons. The second-order valence-corrected chi connectivity index (χ2v) is 7.52. The van der Waals surface area contributed by atoms with Crippen molar-refractivity contribution in [2.75, 3.05) is 31.2 Å². The van der Waals surface area contributed by atoms with Gasteiger partial charge >= 0.3 is 0 Å². The van der Waals surface area contributed by atoms with E-state index in [1.165, 1.54) is 0 Å². The number of aryl methyl sites for hydroxylation is 1. The van der Waals surface area contributed by atoms with Gasteiger partial charge in [-0.1, -0.05) is 36.4 Å². The van der Waals surface area contributed by atoms with Crippen LogP contribution in [-0.2, 0) is 11.3 Å². The molecule has 0 saturated carbocycles. The standard InChI is InChI=1S/C24H23N3O3/c1-16-19-7-6-18-4-2-3-5-20(18)23(19)30-22(16)24(28)26-15-17-8-9-25-21(14-17)27-10-12-29-13-11-27/h2-9,14H,10-13,15H2,1H3,(H,26,28). The number of fused-ring (bicyclic) bond motifs is 3. The number of pyridine rings is 1. The van der Waals surface area contributed by atoms with Crippen molar-refractivity contribution in [3.05, 3.63) is 71.6 Å². The summed E-state index contributed by atoms with van der Waals surface area (Å²) in [4.78, 5) is 19.5. The maximum absolute atomic E-state index is 12.9. The molecule has 0 atom stereocenters. The summed E-state index contributed by atoms with van der Waals surface area (Å²) in [6.07, 6.45) is 1.78. The van der Waals surface area contributed by atoms with Crippen molar-refractivity contribution >= 4 is 33.5 Å². The van der Waals surface area contributed by atoms with Crippen LogP contribution >= 0.6 is 0 Å². The molecule has 1 saturated heterocycles. The third kappa shape index (κ3) is 3.39. The minimum Gasteiger partial charge on any atom is -0.450 e. The van der Waals surface area contributed by atoms with Gasteiger partial charge in [0.15, 0.2) is 5.76 Å². The van der Waals surface area contributed by atoms with Crippen molar-refractivity contribution in [2.24, 2.45) is 0 Å². The van der Waals surface area contributed by atoms with Gasteiger partial charge in [0, 0.05) is 42.2 Å². The van der Waals surface area contributed by atoms with E-state index in [0.717, 1.165) is 51.8 Å². The number of rotatable bonds is 4. The lowest BCUT2D eigenvalue weighted by atomic mass is 10.1. The van der Waals surface area contributed by atoms with Crippen LogP contribution in [0.3, 0.4) is 0 Å². The molecule has 0 aliphatic carbocycles. The van der Waals surface area contributed by atoms with E-state index < -0.39 is 0 Å². The van der Waals surface area contributed by atoms with Crippen LogP contribution < -0.4 is 10.2 Å². The first-order valence-corrected chi connectivity index (χ1v) is 10.2. The second kappa shape index (κ2) is 7.80. The third-order valence-electron chi connectivity index (χ3n) is 5.63. The molecule has 1 N–H and O–H groups in total. The largest absolute Gasteiger partial charge is 0.450 e. The molecule has 2 aromatic carbocycles. The van der Waals surface area contributed by atoms with Crippen molar-refractivity contribution in [3.63, 3.8) is 0 Å². The normalized spacial score (nSPS) is 14.4. The fourth-order valence-corrected chi connectivity index (χ4v) is 3.96. The summed E-state index contributed by atoms with van der Waals surface area (Å²) in [5.41, 5.74) is 2.62. The zero-order valence-electron chi connectivity index (χ0n) is 16.9. The van der Waals surface area contributed by atoms with Crippen molar-refractivity contribution in [1.29, 1.82) is 0 Å². The highest BCUT2D eigenvalue weighted by Gasteiger charge is 2.19. The average Bonchev–Trinajstić information content (AvgIpc) is 3.15. The molecule has 1 amide bonds. The van der Waals surface area contributed by atoms with Crippen molar-refractivity contribution in [2.45, 2.75) is 13.5 Å². The molecule has 3 heterocycles. The van der Waals surface area contributed by atoms with E-state index >= 15 is 0 Å². The van der Waals surface area contributed by atoms with Gasteiger partial charge in [-0.3, -0.25) is 4.79 Å². The summed E-state index contributed by atoms with van der Waals surface area (Å²) in [5, 5.41) is 6.07. The van der Waals surface area contributed by atoms with Gasteiger partial charge in [0.05, 0.1) is 13.2 Å². The molecular weight excluding hydrogens is 378 g/mol. The molecule has 1 aliphatic heterocycles. The van der Waals surface area contributed by atoms with Gasteiger partial charge in [-0.05, 0) is 30.0 Å². The Hall–Kier alpha value is -3.38. The Balaban J connectivity index is 1.36. The summed E-state index contributed by atoms with van der Waals surface area (Å²) >= 11 is 0. The van der Waals surface area contributed by atoms with E-state index in [-0.39, 0.29) is 5.91 Å². The van der Waals surface area contributed by atoms with Gasteiger partial charge in [0.25, 0.3) is 5.91 Å². The summed E-state index contributed by atoms with van der Waals surface area (Å²) in [7, 11) is 0. The van der Waals surface area contributed by atoms with Crippen LogP contribution in [0.5, 0.6) is 0 Å². The predicted octanol–water partition coefficient (Wildman–Crippen LogP) is 4.06. The highest BCUT2D eigenvalue weighted by Crippen LogP contribution is 2.31. The van der Waals surface area contributed by atoms with Gasteiger partial charge in [-0.2, -0.15) is 0 Å². The number of amides is 1. The number of hydrogen-bond donors (Lipinski definition) is 1. The smallest absolute Gasteiger partial charge is 0.287 e. The molecule has 6 heteroatoms. The molecular formula is C24H23N3O3. The Bertz CT molecular complexity index is 1230. The van der Waals surface area contributed by atoms with Gasteiger partial charge in [-0.25, -0.2) is 4.98 Å². The predicted molar refractivity (Wildman–Crippen MR) is 117 cm³/mol. The van der Waals surface area contributed by atoms with E-state index in [1.54, 1.807) is 6.20 Å². The first-order valence-electron chi connectivity index (χ1n) is 10.2. The van der Waals surface area contributed by atoms with Crippen LogP contribution in [-0.4, -0.2) is 37.2 Å². The van der Waals surface area contributed by atoms with Crippen LogP contribution in [0.2, 0.25) is 0 Å². The van der Waals surface area contributed by atoms with Crippen molar-refractivity contribution in [1.82, 2.24) is 10.3 Å². The number of ether oxygens (including phenoxy) is 1. The van der Waals surface area contributed by atoms with Crippen LogP contribution in [0.15, 0.2) is 59.1 Å². The number of carbonyl (C=O) groups is 1. The number of furan rings is 1. The fourth-order valence-electron chi connectivity index (χ4n) is 3.96. The topological polar surface area (TPSA) is 67.6 Å². The highest BCUT2D eigenvalue weighted by atomic mass is 16.5. The number of morpholine rings is 1. The Morgan fingerprint density at radius 2 is 1.93 bits per heavy atom. The monoisotopic (exact) mass is 401 g/mol. The number of aromatic nitrogens is 1. The van der Waals surface area contributed by atoms with E-state index in [2.05, 4.69) is 21.3 Å².